The monoisotopic (exact) mass is 656 g/mol. The molecule has 0 bridgehead atoms. The molecule has 0 aliphatic carbocycles. The minimum Gasteiger partial charge on any atom is -0.491 e. The molecule has 0 saturated carbocycles. The number of carbonyl (C=O) groups is 1. The lowest BCUT2D eigenvalue weighted by Crippen LogP contribution is -2.52. The Morgan fingerprint density at radius 2 is 1.73 bits per heavy atom. The molecule has 14 heteroatoms. The van der Waals surface area contributed by atoms with Gasteiger partial charge in [-0.3, -0.25) is 19.8 Å². The van der Waals surface area contributed by atoms with Gasteiger partial charge in [0.1, 0.15) is 12.4 Å². The Kier molecular flexibility index (Phi) is 10.1. The first-order valence-corrected chi connectivity index (χ1v) is 13.6. The van der Waals surface area contributed by atoms with Gasteiger partial charge in [-0.2, -0.15) is 8.78 Å². The van der Waals surface area contributed by atoms with Crippen molar-refractivity contribution in [3.05, 3.63) is 91.9 Å². The third-order valence-corrected chi connectivity index (χ3v) is 7.47. The topological polar surface area (TPSA) is 97.2 Å². The van der Waals surface area contributed by atoms with E-state index in [-0.39, 0.29) is 30.7 Å². The van der Waals surface area contributed by atoms with E-state index in [0.717, 1.165) is 12.1 Å². The smallest absolute Gasteiger partial charge is 0.413 e. The SMILES string of the molecule is O=C(CC(COc1ccc([N+](=O)[O-])cc1Br)N1CCN(c2ccc(C(F)(F)OF)cc2)CC1)Nc1ccc(Cl)cc1. The number of hydrogen-bond acceptors (Lipinski definition) is 7. The number of nitrogens with zero attached hydrogens (tertiary/aromatic N) is 3. The van der Waals surface area contributed by atoms with Crippen molar-refractivity contribution in [2.45, 2.75) is 18.6 Å². The van der Waals surface area contributed by atoms with Crippen molar-refractivity contribution in [3.8, 4) is 5.75 Å². The molecule has 1 heterocycles. The number of rotatable bonds is 11. The fourth-order valence-electron chi connectivity index (χ4n) is 4.42. The van der Waals surface area contributed by atoms with Gasteiger partial charge in [-0.1, -0.05) is 11.6 Å². The quantitative estimate of drug-likeness (QED) is 0.184. The van der Waals surface area contributed by atoms with E-state index in [1.165, 1.54) is 30.3 Å². The molecule has 3 aromatic carbocycles. The number of ether oxygens (including phenoxy) is 1. The summed E-state index contributed by atoms with van der Waals surface area (Å²) in [5, 5.41) is 14.5. The summed E-state index contributed by atoms with van der Waals surface area (Å²) < 4.78 is 45.4. The Morgan fingerprint density at radius 1 is 1.07 bits per heavy atom. The molecule has 1 unspecified atom stereocenters. The van der Waals surface area contributed by atoms with Gasteiger partial charge in [0.25, 0.3) is 5.69 Å². The number of piperazine rings is 1. The van der Waals surface area contributed by atoms with Crippen molar-refractivity contribution in [1.29, 1.82) is 0 Å². The summed E-state index contributed by atoms with van der Waals surface area (Å²) in [5.41, 5.74) is 0.595. The van der Waals surface area contributed by atoms with Crippen molar-refractivity contribution in [1.82, 2.24) is 4.90 Å². The molecule has 1 aliphatic rings. The first-order valence-electron chi connectivity index (χ1n) is 12.4. The number of anilines is 2. The van der Waals surface area contributed by atoms with Crippen LogP contribution in [0, 0.1) is 10.1 Å². The first kappa shape index (κ1) is 30.6. The predicted molar refractivity (Wildman–Crippen MR) is 151 cm³/mol. The molecular formula is C27H25BrClF3N4O5. The second kappa shape index (κ2) is 13.5. The number of nitrogens with one attached hydrogen (secondary N) is 1. The highest BCUT2D eigenvalue weighted by molar-refractivity contribution is 9.10. The van der Waals surface area contributed by atoms with Crippen molar-refractivity contribution in [2.24, 2.45) is 0 Å². The molecule has 1 aliphatic heterocycles. The molecule has 1 amide bonds. The average Bonchev–Trinajstić information content (AvgIpc) is 2.97. The minimum atomic E-state index is -4.02. The van der Waals surface area contributed by atoms with Crippen LogP contribution in [0.3, 0.4) is 0 Å². The second-order valence-corrected chi connectivity index (χ2v) is 10.6. The Balaban J connectivity index is 1.43. The summed E-state index contributed by atoms with van der Waals surface area (Å²) in [5.74, 6) is 0.157. The zero-order valence-electron chi connectivity index (χ0n) is 21.4. The third kappa shape index (κ3) is 8.09. The Bertz CT molecular complexity index is 1360. The standard InChI is InChI=1S/C27H25BrClF3N4O5/c28-24-15-22(36(38)39)9-10-25(24)40-17-23(16-26(37)33-20-5-3-19(29)4-6-20)35-13-11-34(12-14-35)21-7-1-18(2-8-21)27(30,31)41-32/h1-10,15,23H,11-14,16-17H2,(H,33,37). The van der Waals surface area contributed by atoms with Gasteiger partial charge in [0.2, 0.25) is 5.91 Å². The van der Waals surface area contributed by atoms with Crippen LogP contribution in [0.1, 0.15) is 12.0 Å². The van der Waals surface area contributed by atoms with Crippen LogP contribution in [-0.2, 0) is 15.8 Å². The van der Waals surface area contributed by atoms with Crippen molar-refractivity contribution in [3.63, 3.8) is 0 Å². The van der Waals surface area contributed by atoms with Gasteiger partial charge >= 0.3 is 6.11 Å². The highest BCUT2D eigenvalue weighted by Gasteiger charge is 2.34. The number of carbonyl (C=O) groups excluding carboxylic acids is 1. The van der Waals surface area contributed by atoms with Gasteiger partial charge in [0.05, 0.1) is 21.0 Å². The highest BCUT2D eigenvalue weighted by Crippen LogP contribution is 2.32. The number of non-ortho nitro benzene ring substituents is 1. The first-order chi connectivity index (χ1) is 19.6. The molecule has 0 radical (unpaired) electrons. The Hall–Kier alpha value is -3.39. The van der Waals surface area contributed by atoms with Crippen LogP contribution in [0.4, 0.5) is 30.4 Å². The fourth-order valence-corrected chi connectivity index (χ4v) is 5.02. The molecule has 1 N–H and O–H groups in total. The van der Waals surface area contributed by atoms with Gasteiger partial charge in [-0.05, 0) is 75.1 Å². The van der Waals surface area contributed by atoms with E-state index in [4.69, 9.17) is 16.3 Å². The number of benzene rings is 3. The summed E-state index contributed by atoms with van der Waals surface area (Å²) in [6.45, 7) is 2.26. The van der Waals surface area contributed by atoms with Crippen molar-refractivity contribution < 1.29 is 32.7 Å². The summed E-state index contributed by atoms with van der Waals surface area (Å²) in [4.78, 5) is 30.4. The van der Waals surface area contributed by atoms with Crippen molar-refractivity contribution >= 4 is 50.5 Å². The van der Waals surface area contributed by atoms with E-state index in [9.17, 15) is 28.2 Å². The van der Waals surface area contributed by atoms with Crippen LogP contribution in [0.2, 0.25) is 5.02 Å². The maximum absolute atomic E-state index is 13.4. The second-order valence-electron chi connectivity index (χ2n) is 9.26. The van der Waals surface area contributed by atoms with Crippen LogP contribution in [-0.4, -0.2) is 54.6 Å². The zero-order chi connectivity index (χ0) is 29.6. The van der Waals surface area contributed by atoms with E-state index in [1.807, 2.05) is 4.90 Å². The molecule has 9 nitrogen and oxygen atoms in total. The van der Waals surface area contributed by atoms with E-state index >= 15 is 0 Å². The molecule has 3 aromatic rings. The lowest BCUT2D eigenvalue weighted by Gasteiger charge is -2.40. The number of alkyl halides is 2. The van der Waals surface area contributed by atoms with Gasteiger partial charge in [0.15, 0.2) is 0 Å². The summed E-state index contributed by atoms with van der Waals surface area (Å²) in [6.07, 6.45) is -3.92. The average molecular weight is 658 g/mol. The maximum Gasteiger partial charge on any atom is 0.413 e. The van der Waals surface area contributed by atoms with Crippen LogP contribution in [0.15, 0.2) is 71.2 Å². The number of hydrogen-bond donors (Lipinski definition) is 1. The molecule has 1 saturated heterocycles. The molecule has 0 spiro atoms. The molecule has 218 valence electrons. The summed E-state index contributed by atoms with van der Waals surface area (Å²) in [6, 6.07) is 15.7. The lowest BCUT2D eigenvalue weighted by atomic mass is 10.1. The molecule has 1 atom stereocenters. The van der Waals surface area contributed by atoms with Crippen LogP contribution in [0.25, 0.3) is 0 Å². The predicted octanol–water partition coefficient (Wildman–Crippen LogP) is 6.56. The molecule has 4 rings (SSSR count). The zero-order valence-corrected chi connectivity index (χ0v) is 23.8. The van der Waals surface area contributed by atoms with Gasteiger partial charge in [-0.15, -0.1) is 4.94 Å². The van der Waals surface area contributed by atoms with E-state index < -0.39 is 16.6 Å². The minimum absolute atomic E-state index is 0.0896. The molecule has 1 fully saturated rings. The number of nitro benzene ring substituents is 1. The third-order valence-electron chi connectivity index (χ3n) is 6.60. The summed E-state index contributed by atoms with van der Waals surface area (Å²) in [7, 11) is 0. The van der Waals surface area contributed by atoms with Crippen LogP contribution < -0.4 is 15.0 Å². The van der Waals surface area contributed by atoms with E-state index in [0.29, 0.717) is 52.8 Å². The Morgan fingerprint density at radius 3 is 2.32 bits per heavy atom. The molecule has 41 heavy (non-hydrogen) atoms. The maximum atomic E-state index is 13.4. The highest BCUT2D eigenvalue weighted by atomic mass is 79.9. The van der Waals surface area contributed by atoms with E-state index in [2.05, 4.69) is 31.1 Å². The normalized spacial score (nSPS) is 14.9. The van der Waals surface area contributed by atoms with Gasteiger partial charge < -0.3 is 15.0 Å². The van der Waals surface area contributed by atoms with Gasteiger partial charge in [-0.25, -0.2) is 0 Å². The molecular weight excluding hydrogens is 633 g/mol. The molecule has 0 aromatic heterocycles. The largest absolute Gasteiger partial charge is 0.491 e. The fraction of sp³-hybridized carbons (Fsp3) is 0.296. The van der Waals surface area contributed by atoms with Crippen LogP contribution >= 0.6 is 27.5 Å². The Labute approximate surface area is 247 Å². The number of nitro groups is 1. The van der Waals surface area contributed by atoms with E-state index in [1.54, 1.807) is 24.3 Å². The summed E-state index contributed by atoms with van der Waals surface area (Å²) >= 11 is 9.23. The van der Waals surface area contributed by atoms with Crippen molar-refractivity contribution in [2.75, 3.05) is 43.0 Å². The lowest BCUT2D eigenvalue weighted by molar-refractivity contribution is -0.385. The number of amides is 1. The van der Waals surface area contributed by atoms with Gasteiger partial charge in [0, 0.05) is 61.1 Å². The van der Waals surface area contributed by atoms with Crippen LogP contribution in [0.5, 0.6) is 5.75 Å². The number of halogens is 5.